The topological polar surface area (TPSA) is 98.1 Å². The molecule has 4 heterocycles. The predicted molar refractivity (Wildman–Crippen MR) is 121 cm³/mol. The molecule has 0 spiro atoms. The van der Waals surface area contributed by atoms with Gasteiger partial charge in [0.2, 0.25) is 5.91 Å². The van der Waals surface area contributed by atoms with Crippen molar-refractivity contribution < 1.29 is 19.1 Å². The first-order valence-electron chi connectivity index (χ1n) is 10.7. The van der Waals surface area contributed by atoms with Gasteiger partial charge in [0.25, 0.3) is 5.91 Å². The lowest BCUT2D eigenvalue weighted by Gasteiger charge is -2.28. The van der Waals surface area contributed by atoms with Crippen LogP contribution in [0.1, 0.15) is 34.5 Å². The fourth-order valence-electron chi connectivity index (χ4n) is 3.63. The molecule has 10 heteroatoms. The van der Waals surface area contributed by atoms with Crippen molar-refractivity contribution in [2.75, 3.05) is 38.4 Å². The van der Waals surface area contributed by atoms with E-state index in [1.54, 1.807) is 18.2 Å². The molecule has 0 radical (unpaired) electrons. The Morgan fingerprint density at radius 2 is 2.16 bits per heavy atom. The summed E-state index contributed by atoms with van der Waals surface area (Å²) in [6, 6.07) is 3.84. The van der Waals surface area contributed by atoms with Gasteiger partial charge >= 0.3 is 0 Å². The first-order valence-corrected chi connectivity index (χ1v) is 11.5. The summed E-state index contributed by atoms with van der Waals surface area (Å²) in [6.45, 7) is 2.73. The van der Waals surface area contributed by atoms with Crippen LogP contribution in [0.5, 0.6) is 0 Å². The number of ether oxygens (including phenoxy) is 2. The number of nitrogens with one attached hydrogen (secondary N) is 1. The second kappa shape index (κ2) is 10.7. The molecule has 3 aromatic rings. The zero-order valence-corrected chi connectivity index (χ0v) is 18.8. The van der Waals surface area contributed by atoms with Crippen LogP contribution in [-0.4, -0.2) is 59.7 Å². The second-order valence-corrected chi connectivity index (χ2v) is 8.73. The fourth-order valence-corrected chi connectivity index (χ4v) is 4.49. The molecule has 0 aliphatic carbocycles. The van der Waals surface area contributed by atoms with Gasteiger partial charge in [-0.1, -0.05) is 17.4 Å². The third-order valence-corrected chi connectivity index (χ3v) is 6.47. The lowest BCUT2D eigenvalue weighted by molar-refractivity contribution is -0.119. The van der Waals surface area contributed by atoms with Crippen molar-refractivity contribution in [3.8, 4) is 0 Å². The highest BCUT2D eigenvalue weighted by Gasteiger charge is 2.25. The number of fused-ring (bicyclic) bond motifs is 1. The summed E-state index contributed by atoms with van der Waals surface area (Å²) in [4.78, 5) is 36.3. The van der Waals surface area contributed by atoms with Crippen molar-refractivity contribution in [2.45, 2.75) is 25.8 Å². The second-order valence-electron chi connectivity index (χ2n) is 7.72. The van der Waals surface area contributed by atoms with Crippen molar-refractivity contribution in [1.82, 2.24) is 19.7 Å². The zero-order chi connectivity index (χ0) is 22.3. The van der Waals surface area contributed by atoms with E-state index in [9.17, 15) is 9.59 Å². The molecule has 3 aromatic heterocycles. The average molecular weight is 458 g/mol. The highest BCUT2D eigenvalue weighted by molar-refractivity contribution is 7.17. The monoisotopic (exact) mass is 457 g/mol. The molecule has 4 rings (SSSR count). The molecule has 1 fully saturated rings. The van der Waals surface area contributed by atoms with Gasteiger partial charge in [0, 0.05) is 52.0 Å². The number of nitrogens with zero attached hydrogens (tertiary/aromatic N) is 4. The molecule has 0 saturated carbocycles. The predicted octanol–water partition coefficient (Wildman–Crippen LogP) is 2.52. The molecule has 2 amide bonds. The average Bonchev–Trinajstić information content (AvgIpc) is 3.49. The molecule has 0 atom stereocenters. The Balaban J connectivity index is 1.41. The number of hydrogen-bond acceptors (Lipinski definition) is 7. The number of thiazole rings is 1. The quantitative estimate of drug-likeness (QED) is 0.530. The summed E-state index contributed by atoms with van der Waals surface area (Å²) in [7, 11) is 1.58. The lowest BCUT2D eigenvalue weighted by atomic mass is 10.00. The van der Waals surface area contributed by atoms with Crippen LogP contribution in [0.3, 0.4) is 0 Å². The number of imidazole rings is 1. The summed E-state index contributed by atoms with van der Waals surface area (Å²) >= 11 is 1.23. The fraction of sp³-hybridized carbons (Fsp3) is 0.455. The molecule has 0 unspecified atom stereocenters. The maximum atomic E-state index is 12.8. The van der Waals surface area contributed by atoms with Gasteiger partial charge in [0.15, 0.2) is 5.13 Å². The highest BCUT2D eigenvalue weighted by Crippen LogP contribution is 2.26. The van der Waals surface area contributed by atoms with E-state index in [4.69, 9.17) is 9.47 Å². The summed E-state index contributed by atoms with van der Waals surface area (Å²) in [5, 5.41) is 3.47. The van der Waals surface area contributed by atoms with Gasteiger partial charge < -0.3 is 19.2 Å². The van der Waals surface area contributed by atoms with Gasteiger partial charge in [-0.25, -0.2) is 9.97 Å². The minimum absolute atomic E-state index is 0.0479. The van der Waals surface area contributed by atoms with Gasteiger partial charge in [0.05, 0.1) is 19.2 Å². The molecule has 1 saturated heterocycles. The Morgan fingerprint density at radius 3 is 2.97 bits per heavy atom. The van der Waals surface area contributed by atoms with Crippen LogP contribution in [-0.2, 0) is 20.8 Å². The van der Waals surface area contributed by atoms with Crippen LogP contribution >= 0.6 is 11.3 Å². The summed E-state index contributed by atoms with van der Waals surface area (Å²) in [6.07, 6.45) is 9.17. The molecule has 1 aliphatic rings. The van der Waals surface area contributed by atoms with Crippen molar-refractivity contribution in [3.63, 3.8) is 0 Å². The van der Waals surface area contributed by atoms with Crippen LogP contribution in [0.15, 0.2) is 36.9 Å². The number of rotatable bonds is 9. The Morgan fingerprint density at radius 1 is 1.31 bits per heavy atom. The third-order valence-electron chi connectivity index (χ3n) is 5.45. The maximum Gasteiger partial charge on any atom is 0.263 e. The standard InChI is InChI=1S/C22H27N5O4S/c1-30-9-6-20(28)27(15-16-4-10-31-11-5-16)22-25-13-18(32-22)21(29)24-12-17-2-3-19-23-7-8-26(19)14-17/h2-3,7-8,13-14,16H,4-6,9-12,15H2,1H3,(H,24,29). The number of hydrogen-bond donors (Lipinski definition) is 1. The Hall–Kier alpha value is -2.82. The zero-order valence-electron chi connectivity index (χ0n) is 18.0. The Labute approximate surface area is 190 Å². The molecular formula is C22H27N5O4S. The summed E-state index contributed by atoms with van der Waals surface area (Å²) < 4.78 is 12.4. The normalized spacial score (nSPS) is 14.5. The van der Waals surface area contributed by atoms with E-state index >= 15 is 0 Å². The van der Waals surface area contributed by atoms with E-state index < -0.39 is 0 Å². The van der Waals surface area contributed by atoms with Crippen LogP contribution in [0.4, 0.5) is 5.13 Å². The van der Waals surface area contributed by atoms with E-state index in [2.05, 4.69) is 15.3 Å². The molecular weight excluding hydrogens is 430 g/mol. The van der Waals surface area contributed by atoms with Gasteiger partial charge in [-0.15, -0.1) is 0 Å². The van der Waals surface area contributed by atoms with Crippen molar-refractivity contribution >= 4 is 33.9 Å². The van der Waals surface area contributed by atoms with Crippen molar-refractivity contribution in [3.05, 3.63) is 47.4 Å². The SMILES string of the molecule is COCCC(=O)N(CC1CCOCC1)c1ncc(C(=O)NCc2ccc3nccn3c2)s1. The molecule has 9 nitrogen and oxygen atoms in total. The van der Waals surface area contributed by atoms with Crippen LogP contribution in [0.25, 0.3) is 5.65 Å². The minimum Gasteiger partial charge on any atom is -0.384 e. The smallest absolute Gasteiger partial charge is 0.263 e. The van der Waals surface area contributed by atoms with Gasteiger partial charge in [0.1, 0.15) is 10.5 Å². The van der Waals surface area contributed by atoms with E-state index in [1.807, 2.05) is 28.9 Å². The minimum atomic E-state index is -0.213. The number of pyridine rings is 1. The Bertz CT molecular complexity index is 1060. The van der Waals surface area contributed by atoms with E-state index in [-0.39, 0.29) is 18.2 Å². The third kappa shape index (κ3) is 5.50. The number of amides is 2. The number of carbonyl (C=O) groups is 2. The van der Waals surface area contributed by atoms with Crippen molar-refractivity contribution in [2.24, 2.45) is 5.92 Å². The van der Waals surface area contributed by atoms with Crippen LogP contribution in [0.2, 0.25) is 0 Å². The molecule has 32 heavy (non-hydrogen) atoms. The first kappa shape index (κ1) is 22.4. The molecule has 0 aromatic carbocycles. The lowest BCUT2D eigenvalue weighted by Crippen LogP contribution is -2.37. The van der Waals surface area contributed by atoms with Gasteiger partial charge in [-0.05, 0) is 30.4 Å². The first-order chi connectivity index (χ1) is 15.6. The van der Waals surface area contributed by atoms with E-state index in [0.717, 1.165) is 24.1 Å². The van der Waals surface area contributed by atoms with Crippen molar-refractivity contribution in [1.29, 1.82) is 0 Å². The van der Waals surface area contributed by atoms with E-state index in [0.29, 0.717) is 48.8 Å². The van der Waals surface area contributed by atoms with Crippen LogP contribution in [0, 0.1) is 5.92 Å². The number of anilines is 1. The highest BCUT2D eigenvalue weighted by atomic mass is 32.1. The van der Waals surface area contributed by atoms with Gasteiger partial charge in [-0.3, -0.25) is 14.5 Å². The largest absolute Gasteiger partial charge is 0.384 e. The summed E-state index contributed by atoms with van der Waals surface area (Å²) in [5.74, 6) is 0.0950. The molecule has 1 aliphatic heterocycles. The number of aromatic nitrogens is 3. The molecule has 1 N–H and O–H groups in total. The van der Waals surface area contributed by atoms with E-state index in [1.165, 1.54) is 17.5 Å². The number of methoxy groups -OCH3 is 1. The van der Waals surface area contributed by atoms with Gasteiger partial charge in [-0.2, -0.15) is 0 Å². The number of carbonyl (C=O) groups excluding carboxylic acids is 2. The molecule has 0 bridgehead atoms. The van der Waals surface area contributed by atoms with Crippen LogP contribution < -0.4 is 10.2 Å². The Kier molecular flexibility index (Phi) is 7.46. The summed E-state index contributed by atoms with van der Waals surface area (Å²) in [5.41, 5.74) is 1.82. The molecule has 170 valence electrons. The maximum absolute atomic E-state index is 12.8.